The van der Waals surface area contributed by atoms with E-state index in [0.717, 1.165) is 10.4 Å². The van der Waals surface area contributed by atoms with Crippen LogP contribution in [-0.4, -0.2) is 19.5 Å². The number of aryl methyl sites for hydroxylation is 1. The molecule has 0 radical (unpaired) electrons. The number of thiophene rings is 1. The molecule has 2 aromatic rings. The molecular formula is C14H15NO4S2. The molecule has 0 aliphatic carbocycles. The van der Waals surface area contributed by atoms with Gasteiger partial charge < -0.3 is 5.11 Å². The number of carboxylic acid groups (broad SMARTS) is 1. The maximum atomic E-state index is 12.0. The van der Waals surface area contributed by atoms with Gasteiger partial charge in [0.15, 0.2) is 0 Å². The van der Waals surface area contributed by atoms with E-state index in [0.29, 0.717) is 5.56 Å². The predicted octanol–water partition coefficient (Wildman–Crippen LogP) is 2.37. The van der Waals surface area contributed by atoms with E-state index in [1.807, 2.05) is 18.4 Å². The summed E-state index contributed by atoms with van der Waals surface area (Å²) in [5, 5.41) is 10.7. The summed E-state index contributed by atoms with van der Waals surface area (Å²) in [6.45, 7) is 2.21. The van der Waals surface area contributed by atoms with Gasteiger partial charge in [0.2, 0.25) is 10.0 Å². The van der Waals surface area contributed by atoms with Gasteiger partial charge >= 0.3 is 5.97 Å². The van der Waals surface area contributed by atoms with Crippen LogP contribution in [0.3, 0.4) is 0 Å². The molecule has 0 bridgehead atoms. The van der Waals surface area contributed by atoms with Crippen molar-refractivity contribution in [2.24, 2.45) is 0 Å². The number of hydrogen-bond acceptors (Lipinski definition) is 4. The fourth-order valence-electron chi connectivity index (χ4n) is 1.77. The van der Waals surface area contributed by atoms with Crippen LogP contribution in [0.1, 0.15) is 26.4 Å². The van der Waals surface area contributed by atoms with Crippen LogP contribution in [0.15, 0.2) is 35.7 Å². The van der Waals surface area contributed by atoms with Gasteiger partial charge in [0.25, 0.3) is 0 Å². The molecule has 0 fully saturated rings. The quantitative estimate of drug-likeness (QED) is 0.854. The molecule has 0 saturated heterocycles. The minimum absolute atomic E-state index is 0.137. The summed E-state index contributed by atoms with van der Waals surface area (Å²) in [6, 6.07) is 7.77. The number of benzene rings is 1. The van der Waals surface area contributed by atoms with Crippen molar-refractivity contribution < 1.29 is 18.3 Å². The van der Waals surface area contributed by atoms with E-state index in [1.165, 1.54) is 35.6 Å². The third kappa shape index (κ3) is 4.38. The van der Waals surface area contributed by atoms with Crippen molar-refractivity contribution in [2.45, 2.75) is 19.2 Å². The van der Waals surface area contributed by atoms with Crippen molar-refractivity contribution in [1.29, 1.82) is 0 Å². The zero-order valence-electron chi connectivity index (χ0n) is 11.4. The Morgan fingerprint density at radius 2 is 1.90 bits per heavy atom. The van der Waals surface area contributed by atoms with Gasteiger partial charge in [-0.2, -0.15) is 0 Å². The Kier molecular flexibility index (Phi) is 4.76. The van der Waals surface area contributed by atoms with E-state index in [4.69, 9.17) is 5.11 Å². The summed E-state index contributed by atoms with van der Waals surface area (Å²) < 4.78 is 26.6. The van der Waals surface area contributed by atoms with Crippen molar-refractivity contribution in [3.63, 3.8) is 0 Å². The van der Waals surface area contributed by atoms with Crippen molar-refractivity contribution in [3.05, 3.63) is 57.3 Å². The van der Waals surface area contributed by atoms with Crippen LogP contribution in [0.4, 0.5) is 0 Å². The van der Waals surface area contributed by atoms with Crippen molar-refractivity contribution in [1.82, 2.24) is 4.72 Å². The highest BCUT2D eigenvalue weighted by Crippen LogP contribution is 2.16. The first-order valence-electron chi connectivity index (χ1n) is 6.20. The molecule has 5 nitrogen and oxygen atoms in total. The molecule has 1 aromatic carbocycles. The average Bonchev–Trinajstić information content (AvgIpc) is 2.82. The fraction of sp³-hybridized carbons (Fsp3) is 0.214. The zero-order chi connectivity index (χ0) is 15.5. The van der Waals surface area contributed by atoms with Gasteiger partial charge in [-0.05, 0) is 41.6 Å². The maximum absolute atomic E-state index is 12.0. The van der Waals surface area contributed by atoms with Gasteiger partial charge in [-0.1, -0.05) is 12.1 Å². The molecule has 0 spiro atoms. The van der Waals surface area contributed by atoms with Crippen LogP contribution < -0.4 is 4.72 Å². The Labute approximate surface area is 127 Å². The zero-order valence-corrected chi connectivity index (χ0v) is 13.0. The first-order valence-corrected chi connectivity index (χ1v) is 8.73. The molecule has 112 valence electrons. The summed E-state index contributed by atoms with van der Waals surface area (Å²) in [5.74, 6) is -1.20. The lowest BCUT2D eigenvalue weighted by molar-refractivity contribution is 0.0697. The normalized spacial score (nSPS) is 11.5. The molecule has 2 N–H and O–H groups in total. The molecule has 1 aromatic heterocycles. The van der Waals surface area contributed by atoms with Crippen LogP contribution in [0.25, 0.3) is 0 Å². The SMILES string of the molecule is Cc1ccsc1CNS(=O)(=O)Cc1ccc(C(=O)O)cc1. The number of carboxylic acids is 1. The van der Waals surface area contributed by atoms with E-state index in [9.17, 15) is 13.2 Å². The number of aromatic carboxylic acids is 1. The van der Waals surface area contributed by atoms with E-state index in [1.54, 1.807) is 0 Å². The Bertz CT molecular complexity index is 733. The molecule has 1 heterocycles. The van der Waals surface area contributed by atoms with Crippen LogP contribution in [0.5, 0.6) is 0 Å². The smallest absolute Gasteiger partial charge is 0.335 e. The second kappa shape index (κ2) is 6.38. The van der Waals surface area contributed by atoms with Crippen molar-refractivity contribution in [2.75, 3.05) is 0 Å². The summed E-state index contributed by atoms with van der Waals surface area (Å²) in [6.07, 6.45) is 0. The first kappa shape index (κ1) is 15.7. The van der Waals surface area contributed by atoms with Gasteiger partial charge in [-0.15, -0.1) is 11.3 Å². The number of hydrogen-bond donors (Lipinski definition) is 2. The van der Waals surface area contributed by atoms with Crippen LogP contribution in [0, 0.1) is 6.92 Å². The van der Waals surface area contributed by atoms with E-state index >= 15 is 0 Å². The van der Waals surface area contributed by atoms with Crippen molar-refractivity contribution >= 4 is 27.3 Å². The Balaban J connectivity index is 2.00. The highest BCUT2D eigenvalue weighted by molar-refractivity contribution is 7.88. The minimum Gasteiger partial charge on any atom is -0.478 e. The second-order valence-electron chi connectivity index (χ2n) is 4.61. The second-order valence-corrected chi connectivity index (χ2v) is 7.42. The number of carbonyl (C=O) groups is 1. The lowest BCUT2D eigenvalue weighted by atomic mass is 10.1. The summed E-state index contributed by atoms with van der Waals surface area (Å²) in [7, 11) is -3.45. The highest BCUT2D eigenvalue weighted by Gasteiger charge is 2.13. The molecule has 7 heteroatoms. The van der Waals surface area contributed by atoms with Crippen LogP contribution in [0.2, 0.25) is 0 Å². The standard InChI is InChI=1S/C14H15NO4S2/c1-10-6-7-20-13(10)8-15-21(18,19)9-11-2-4-12(5-3-11)14(16)17/h2-7,15H,8-9H2,1H3,(H,16,17). The van der Waals surface area contributed by atoms with Gasteiger partial charge in [-0.3, -0.25) is 0 Å². The molecule has 0 unspecified atom stereocenters. The van der Waals surface area contributed by atoms with E-state index in [-0.39, 0.29) is 17.9 Å². The molecular weight excluding hydrogens is 310 g/mol. The highest BCUT2D eigenvalue weighted by atomic mass is 32.2. The molecule has 21 heavy (non-hydrogen) atoms. The Morgan fingerprint density at radius 1 is 1.24 bits per heavy atom. The third-order valence-corrected chi connectivity index (χ3v) is 5.30. The molecule has 0 atom stereocenters. The van der Waals surface area contributed by atoms with Gasteiger partial charge in [0, 0.05) is 11.4 Å². The lowest BCUT2D eigenvalue weighted by Gasteiger charge is -2.07. The Hall–Kier alpha value is -1.70. The molecule has 0 aliphatic rings. The fourth-order valence-corrected chi connectivity index (χ4v) is 3.81. The summed E-state index contributed by atoms with van der Waals surface area (Å²) in [5.41, 5.74) is 1.75. The lowest BCUT2D eigenvalue weighted by Crippen LogP contribution is -2.24. The van der Waals surface area contributed by atoms with Crippen molar-refractivity contribution in [3.8, 4) is 0 Å². The maximum Gasteiger partial charge on any atom is 0.335 e. The van der Waals surface area contributed by atoms with Gasteiger partial charge in [0.1, 0.15) is 0 Å². The van der Waals surface area contributed by atoms with Gasteiger partial charge in [0.05, 0.1) is 11.3 Å². The topological polar surface area (TPSA) is 83.5 Å². The predicted molar refractivity (Wildman–Crippen MR) is 81.9 cm³/mol. The van der Waals surface area contributed by atoms with Crippen LogP contribution in [-0.2, 0) is 22.3 Å². The first-order chi connectivity index (χ1) is 9.87. The largest absolute Gasteiger partial charge is 0.478 e. The van der Waals surface area contributed by atoms with Gasteiger partial charge in [-0.25, -0.2) is 17.9 Å². The third-order valence-electron chi connectivity index (χ3n) is 2.98. The monoisotopic (exact) mass is 325 g/mol. The number of rotatable bonds is 6. The van der Waals surface area contributed by atoms with E-state index < -0.39 is 16.0 Å². The van der Waals surface area contributed by atoms with Crippen LogP contribution >= 0.6 is 11.3 Å². The number of sulfonamides is 1. The molecule has 0 saturated carbocycles. The molecule has 0 aliphatic heterocycles. The molecule has 2 rings (SSSR count). The molecule has 0 amide bonds. The number of nitrogens with one attached hydrogen (secondary N) is 1. The minimum atomic E-state index is -3.45. The van der Waals surface area contributed by atoms with E-state index in [2.05, 4.69) is 4.72 Å². The summed E-state index contributed by atoms with van der Waals surface area (Å²) in [4.78, 5) is 11.7. The Morgan fingerprint density at radius 3 is 2.43 bits per heavy atom. The summed E-state index contributed by atoms with van der Waals surface area (Å²) >= 11 is 1.51. The average molecular weight is 325 g/mol.